The lowest BCUT2D eigenvalue weighted by atomic mass is 10.8. The Balaban J connectivity index is 0. The summed E-state index contributed by atoms with van der Waals surface area (Å²) in [4.78, 5) is 17.4. The van der Waals surface area contributed by atoms with E-state index < -0.39 is 24.9 Å². The molecule has 0 aromatic carbocycles. The van der Waals surface area contributed by atoms with E-state index in [9.17, 15) is 26.3 Å². The minimum absolute atomic E-state index is 1.06. The van der Waals surface area contributed by atoms with Crippen molar-refractivity contribution >= 4 is 12.6 Å². The van der Waals surface area contributed by atoms with Gasteiger partial charge in [-0.05, 0) is 0 Å². The molecule has 72 valence electrons. The van der Waals surface area contributed by atoms with Crippen molar-refractivity contribution in [1.82, 2.24) is 0 Å². The first-order valence-electron chi connectivity index (χ1n) is 2.18. The highest BCUT2D eigenvalue weighted by atomic mass is 19.4. The van der Waals surface area contributed by atoms with Crippen LogP contribution < -0.4 is 0 Å². The second-order valence-corrected chi connectivity index (χ2v) is 1.32. The first-order valence-corrected chi connectivity index (χ1v) is 2.18. The number of halogens is 6. The molecule has 0 rings (SSSR count). The number of alkyl halides is 6. The van der Waals surface area contributed by atoms with Crippen LogP contribution in [0.3, 0.4) is 0 Å². The average Bonchev–Trinajstić information content (AvgIpc) is 1.86. The molecule has 0 aromatic heterocycles. The van der Waals surface area contributed by atoms with E-state index in [1.54, 1.807) is 0 Å². The van der Waals surface area contributed by atoms with Gasteiger partial charge in [0.05, 0.1) is 0 Å². The molecule has 0 aromatic rings. The van der Waals surface area contributed by atoms with Gasteiger partial charge >= 0.3 is 12.4 Å². The van der Waals surface area contributed by atoms with Gasteiger partial charge < -0.3 is 0 Å². The number of carbonyl (C=O) groups is 2. The maximum absolute atomic E-state index is 10.4. The fraction of sp³-hybridized carbons (Fsp3) is 0.500. The van der Waals surface area contributed by atoms with Gasteiger partial charge in [0.15, 0.2) is 0 Å². The van der Waals surface area contributed by atoms with Crippen LogP contribution in [-0.4, -0.2) is 24.9 Å². The van der Waals surface area contributed by atoms with Crippen molar-refractivity contribution in [2.24, 2.45) is 0 Å². The van der Waals surface area contributed by atoms with E-state index in [4.69, 9.17) is 9.59 Å². The Labute approximate surface area is 62.2 Å². The molecule has 0 saturated carbocycles. The summed E-state index contributed by atoms with van der Waals surface area (Å²) in [7, 11) is 0. The monoisotopic (exact) mass is 196 g/mol. The van der Waals surface area contributed by atoms with Gasteiger partial charge in [-0.2, -0.15) is 26.3 Å². The lowest BCUT2D eigenvalue weighted by Gasteiger charge is -1.87. The number of aldehydes is 2. The lowest BCUT2D eigenvalue weighted by Crippen LogP contribution is -2.07. The Morgan fingerprint density at radius 1 is 0.667 bits per heavy atom. The Morgan fingerprint density at radius 2 is 0.750 bits per heavy atom. The van der Waals surface area contributed by atoms with Gasteiger partial charge in [-0.15, -0.1) is 0 Å². The fourth-order valence-corrected chi connectivity index (χ4v) is 0. The van der Waals surface area contributed by atoms with E-state index >= 15 is 0 Å². The van der Waals surface area contributed by atoms with E-state index in [1.807, 2.05) is 0 Å². The van der Waals surface area contributed by atoms with Gasteiger partial charge in [0.1, 0.15) is 0 Å². The van der Waals surface area contributed by atoms with Gasteiger partial charge in [0, 0.05) is 0 Å². The highest BCUT2D eigenvalue weighted by Crippen LogP contribution is 2.08. The number of hydrogen-bond acceptors (Lipinski definition) is 2. The Morgan fingerprint density at radius 3 is 0.750 bits per heavy atom. The molecule has 8 heteroatoms. The van der Waals surface area contributed by atoms with Crippen molar-refractivity contribution in [3.05, 3.63) is 0 Å². The molecule has 0 spiro atoms. The summed E-state index contributed by atoms with van der Waals surface area (Å²) in [5.41, 5.74) is 0. The molecule has 12 heavy (non-hydrogen) atoms. The predicted octanol–water partition coefficient (Wildman–Crippen LogP) is 1.50. The molecule has 0 bridgehead atoms. The molecule has 0 radical (unpaired) electrons. The molecule has 0 amide bonds. The van der Waals surface area contributed by atoms with Crippen molar-refractivity contribution < 1.29 is 35.9 Å². The third-order valence-corrected chi connectivity index (χ3v) is 0.267. The molecule has 0 aliphatic carbocycles. The molecule has 0 unspecified atom stereocenters. The first-order chi connectivity index (χ1) is 5.12. The van der Waals surface area contributed by atoms with Gasteiger partial charge in [0.2, 0.25) is 12.6 Å². The Hall–Kier alpha value is -1.08. The van der Waals surface area contributed by atoms with Gasteiger partial charge in [-0.3, -0.25) is 9.59 Å². The highest BCUT2D eigenvalue weighted by molar-refractivity contribution is 5.56. The van der Waals surface area contributed by atoms with Crippen LogP contribution in [0.25, 0.3) is 0 Å². The molecule has 0 aliphatic rings. The van der Waals surface area contributed by atoms with Crippen LogP contribution >= 0.6 is 0 Å². The zero-order valence-electron chi connectivity index (χ0n) is 5.24. The summed E-state index contributed by atoms with van der Waals surface area (Å²) in [6, 6.07) is 0. The minimum atomic E-state index is -4.64. The second kappa shape index (κ2) is 4.73. The predicted molar refractivity (Wildman–Crippen MR) is 24.2 cm³/mol. The summed E-state index contributed by atoms with van der Waals surface area (Å²) < 4.78 is 62.5. The maximum atomic E-state index is 10.4. The van der Waals surface area contributed by atoms with Gasteiger partial charge in [-0.25, -0.2) is 0 Å². The van der Waals surface area contributed by atoms with Gasteiger partial charge in [0.25, 0.3) is 0 Å². The van der Waals surface area contributed by atoms with E-state index in [1.165, 1.54) is 0 Å². The van der Waals surface area contributed by atoms with Gasteiger partial charge in [-0.1, -0.05) is 0 Å². The molecule has 0 fully saturated rings. The Bertz CT molecular complexity index is 127. The topological polar surface area (TPSA) is 34.1 Å². The molecular formula is C4H2F6O2. The molecular weight excluding hydrogens is 194 g/mol. The van der Waals surface area contributed by atoms with E-state index in [0.717, 1.165) is 0 Å². The summed E-state index contributed by atoms with van der Waals surface area (Å²) in [5.74, 6) is 0. The van der Waals surface area contributed by atoms with Crippen molar-refractivity contribution in [3.63, 3.8) is 0 Å². The SMILES string of the molecule is O=CC(F)(F)F.O=CC(F)(F)F. The number of rotatable bonds is 0. The largest absolute Gasteiger partial charge is 0.446 e. The fourth-order valence-electron chi connectivity index (χ4n) is 0. The van der Waals surface area contributed by atoms with Crippen LogP contribution in [0, 0.1) is 0 Å². The molecule has 2 nitrogen and oxygen atoms in total. The standard InChI is InChI=1S/2C2HF3O/c2*3-2(4,5)1-6/h2*1H. The summed E-state index contributed by atoms with van der Waals surface area (Å²) in [6.07, 6.45) is -11.4. The third-order valence-electron chi connectivity index (χ3n) is 0.267. The Kier molecular flexibility index (Phi) is 5.32. The van der Waals surface area contributed by atoms with E-state index in [-0.39, 0.29) is 0 Å². The molecule has 0 atom stereocenters. The van der Waals surface area contributed by atoms with E-state index in [0.29, 0.717) is 0 Å². The highest BCUT2D eigenvalue weighted by Gasteiger charge is 2.25. The normalized spacial score (nSPS) is 11.2. The van der Waals surface area contributed by atoms with Crippen molar-refractivity contribution in [1.29, 1.82) is 0 Å². The summed E-state index contributed by atoms with van der Waals surface area (Å²) in [6.45, 7) is 0. The van der Waals surface area contributed by atoms with Crippen molar-refractivity contribution in [2.75, 3.05) is 0 Å². The maximum Gasteiger partial charge on any atom is 0.446 e. The van der Waals surface area contributed by atoms with Crippen LogP contribution in [0.4, 0.5) is 26.3 Å². The quantitative estimate of drug-likeness (QED) is 0.434. The van der Waals surface area contributed by atoms with Crippen LogP contribution in [0.1, 0.15) is 0 Å². The van der Waals surface area contributed by atoms with Crippen LogP contribution in [-0.2, 0) is 9.59 Å². The second-order valence-electron chi connectivity index (χ2n) is 1.32. The number of carbonyl (C=O) groups excluding carboxylic acids is 2. The van der Waals surface area contributed by atoms with Crippen molar-refractivity contribution in [2.45, 2.75) is 12.4 Å². The molecule has 0 heterocycles. The minimum Gasteiger partial charge on any atom is -0.293 e. The van der Waals surface area contributed by atoms with E-state index in [2.05, 4.69) is 0 Å². The smallest absolute Gasteiger partial charge is 0.293 e. The molecule has 0 aliphatic heterocycles. The molecule has 0 saturated heterocycles. The third kappa shape index (κ3) is 23.1. The van der Waals surface area contributed by atoms with Crippen LogP contribution in [0.2, 0.25) is 0 Å². The van der Waals surface area contributed by atoms with Crippen LogP contribution in [0.15, 0.2) is 0 Å². The zero-order valence-corrected chi connectivity index (χ0v) is 5.24. The summed E-state index contributed by atoms with van der Waals surface area (Å²) >= 11 is 0. The van der Waals surface area contributed by atoms with Crippen molar-refractivity contribution in [3.8, 4) is 0 Å². The first kappa shape index (κ1) is 13.5. The average molecular weight is 196 g/mol. The van der Waals surface area contributed by atoms with Crippen LogP contribution in [0.5, 0.6) is 0 Å². The zero-order chi connectivity index (χ0) is 10.4. The summed E-state index contributed by atoms with van der Waals surface area (Å²) in [5, 5.41) is 0. The lowest BCUT2D eigenvalue weighted by molar-refractivity contribution is -0.156. The number of hydrogen-bond donors (Lipinski definition) is 0. The molecule has 0 N–H and O–H groups in total.